The molecule has 0 bridgehead atoms. The highest BCUT2D eigenvalue weighted by Gasteiger charge is 2.33. The summed E-state index contributed by atoms with van der Waals surface area (Å²) in [4.78, 5) is 7.94. The molecule has 0 heterocycles. The van der Waals surface area contributed by atoms with Crippen LogP contribution in [0.15, 0.2) is 70.6 Å². The summed E-state index contributed by atoms with van der Waals surface area (Å²) in [5.41, 5.74) is 2.41. The van der Waals surface area contributed by atoms with Gasteiger partial charge in [-0.15, -0.1) is 0 Å². The lowest BCUT2D eigenvalue weighted by atomic mass is 9.89. The lowest BCUT2D eigenvalue weighted by Gasteiger charge is -2.32. The van der Waals surface area contributed by atoms with Crippen molar-refractivity contribution < 1.29 is 18.3 Å². The van der Waals surface area contributed by atoms with Gasteiger partial charge in [0.15, 0.2) is 5.17 Å². The highest BCUT2D eigenvalue weighted by molar-refractivity contribution is 8.13. The van der Waals surface area contributed by atoms with Crippen LogP contribution in [-0.2, 0) is 12.7 Å². The Kier molecular flexibility index (Phi) is 9.32. The Morgan fingerprint density at radius 2 is 1.79 bits per heavy atom. The van der Waals surface area contributed by atoms with Gasteiger partial charge in [0.1, 0.15) is 5.75 Å². The van der Waals surface area contributed by atoms with E-state index >= 15 is 0 Å². The molecule has 1 N–H and O–H groups in total. The van der Waals surface area contributed by atoms with Gasteiger partial charge in [-0.3, -0.25) is 0 Å². The molecule has 0 saturated heterocycles. The Balaban J connectivity index is 1.79. The summed E-state index contributed by atoms with van der Waals surface area (Å²) in [5, 5.41) is 10.3. The molecule has 0 aromatic heterocycles. The molecule has 1 fully saturated rings. The van der Waals surface area contributed by atoms with Gasteiger partial charge in [0.05, 0.1) is 16.3 Å². The summed E-state index contributed by atoms with van der Waals surface area (Å²) in [6.07, 6.45) is 1.22. The third-order valence-electron chi connectivity index (χ3n) is 6.77. The predicted octanol–water partition coefficient (Wildman–Crippen LogP) is 9.54. The number of alkyl halides is 3. The average Bonchev–Trinajstić information content (AvgIpc) is 2.86. The number of hydrogen-bond donors (Lipinski definition) is 1. The zero-order valence-electron chi connectivity index (χ0n) is 21.6. The maximum absolute atomic E-state index is 13.6. The van der Waals surface area contributed by atoms with Crippen molar-refractivity contribution >= 4 is 34.2 Å². The van der Waals surface area contributed by atoms with E-state index in [-0.39, 0.29) is 16.5 Å². The second-order valence-electron chi connectivity index (χ2n) is 9.98. The quantitative estimate of drug-likeness (QED) is 0.185. The average molecular weight is 561 g/mol. The highest BCUT2D eigenvalue weighted by atomic mass is 35.5. The third-order valence-corrected chi connectivity index (χ3v) is 8.31. The van der Waals surface area contributed by atoms with Gasteiger partial charge >= 0.3 is 6.18 Å². The molecule has 0 radical (unpaired) electrons. The van der Waals surface area contributed by atoms with E-state index in [4.69, 9.17) is 16.6 Å². The van der Waals surface area contributed by atoms with Gasteiger partial charge in [0, 0.05) is 18.0 Å². The van der Waals surface area contributed by atoms with E-state index in [9.17, 15) is 18.3 Å². The lowest BCUT2D eigenvalue weighted by molar-refractivity contribution is -0.137. The molecule has 3 aromatic rings. The molecule has 0 unspecified atom stereocenters. The molecule has 4 rings (SSSR count). The van der Waals surface area contributed by atoms with E-state index in [1.807, 2.05) is 32.0 Å². The zero-order chi connectivity index (χ0) is 27.3. The number of rotatable bonds is 6. The van der Waals surface area contributed by atoms with Gasteiger partial charge in [-0.2, -0.15) is 13.2 Å². The Bertz CT molecular complexity index is 1290. The summed E-state index contributed by atoms with van der Waals surface area (Å²) < 4.78 is 40.9. The van der Waals surface area contributed by atoms with Gasteiger partial charge < -0.3 is 10.0 Å². The minimum Gasteiger partial charge on any atom is -0.508 e. The fourth-order valence-electron chi connectivity index (χ4n) is 4.85. The smallest absolute Gasteiger partial charge is 0.417 e. The van der Waals surface area contributed by atoms with Crippen LogP contribution in [0.1, 0.15) is 54.4 Å². The van der Waals surface area contributed by atoms with Gasteiger partial charge in [-0.05, 0) is 80.1 Å². The van der Waals surface area contributed by atoms with Crippen molar-refractivity contribution in [3.05, 3.63) is 87.9 Å². The zero-order valence-corrected chi connectivity index (χ0v) is 23.1. The van der Waals surface area contributed by atoms with Crippen LogP contribution in [0.25, 0.3) is 0 Å². The number of amidine groups is 1. The van der Waals surface area contributed by atoms with E-state index in [1.165, 1.54) is 43.2 Å². The number of hydrogen-bond acceptors (Lipinski definition) is 3. The van der Waals surface area contributed by atoms with E-state index in [2.05, 4.69) is 11.0 Å². The third kappa shape index (κ3) is 7.70. The van der Waals surface area contributed by atoms with Crippen LogP contribution in [0.2, 0.25) is 5.02 Å². The number of phenols is 1. The van der Waals surface area contributed by atoms with E-state index in [1.54, 1.807) is 18.2 Å². The molecular weight excluding hydrogens is 529 g/mol. The molecule has 0 atom stereocenters. The van der Waals surface area contributed by atoms with Crippen LogP contribution in [0.5, 0.6) is 5.75 Å². The van der Waals surface area contributed by atoms with E-state index in [0.29, 0.717) is 17.6 Å². The number of aromatic hydroxyl groups is 1. The number of thioether (sulfide) groups is 1. The molecule has 1 aliphatic rings. The van der Waals surface area contributed by atoms with Gasteiger partial charge in [-0.1, -0.05) is 72.5 Å². The molecule has 0 aliphatic heterocycles. The number of halogens is 4. The maximum atomic E-state index is 13.6. The van der Waals surface area contributed by atoms with Crippen molar-refractivity contribution in [2.75, 3.05) is 6.54 Å². The molecule has 3 aromatic carbocycles. The Morgan fingerprint density at radius 1 is 1.03 bits per heavy atom. The van der Waals surface area contributed by atoms with E-state index < -0.39 is 11.7 Å². The summed E-state index contributed by atoms with van der Waals surface area (Å²) in [6.45, 7) is 5.26. The fourth-order valence-corrected chi connectivity index (χ4v) is 6.04. The number of benzene rings is 3. The first-order chi connectivity index (χ1) is 18.1. The van der Waals surface area contributed by atoms with Crippen molar-refractivity contribution in [1.82, 2.24) is 4.90 Å². The van der Waals surface area contributed by atoms with Crippen LogP contribution in [-0.4, -0.2) is 21.7 Å². The van der Waals surface area contributed by atoms with Gasteiger partial charge in [0.25, 0.3) is 0 Å². The summed E-state index contributed by atoms with van der Waals surface area (Å²) in [6, 6.07) is 17.0. The summed E-state index contributed by atoms with van der Waals surface area (Å²) >= 11 is 7.34. The van der Waals surface area contributed by atoms with Crippen molar-refractivity contribution in [1.29, 1.82) is 0 Å². The summed E-state index contributed by atoms with van der Waals surface area (Å²) in [5.74, 6) is 0.634. The van der Waals surface area contributed by atoms with Gasteiger partial charge in [-0.25, -0.2) is 4.99 Å². The van der Waals surface area contributed by atoms with Crippen LogP contribution < -0.4 is 0 Å². The Labute approximate surface area is 231 Å². The van der Waals surface area contributed by atoms with Crippen LogP contribution in [0.4, 0.5) is 18.9 Å². The fraction of sp³-hybridized carbons (Fsp3) is 0.367. The second kappa shape index (κ2) is 12.5. The van der Waals surface area contributed by atoms with Crippen LogP contribution >= 0.6 is 23.4 Å². The monoisotopic (exact) mass is 560 g/mol. The van der Waals surface area contributed by atoms with Crippen molar-refractivity contribution in [2.45, 2.75) is 63.6 Å². The normalized spacial score (nSPS) is 15.1. The number of nitrogens with zero attached hydrogens (tertiary/aromatic N) is 2. The number of phenolic OH excluding ortho intramolecular Hbond substituents is 1. The molecule has 1 saturated carbocycles. The molecule has 38 heavy (non-hydrogen) atoms. The lowest BCUT2D eigenvalue weighted by Crippen LogP contribution is -2.34. The minimum atomic E-state index is -4.58. The molecule has 3 nitrogen and oxygen atoms in total. The molecule has 8 heteroatoms. The first-order valence-corrected chi connectivity index (χ1v) is 14.0. The predicted molar refractivity (Wildman–Crippen MR) is 150 cm³/mol. The first-order valence-electron chi connectivity index (χ1n) is 12.8. The Hall–Kier alpha value is -2.64. The molecule has 1 aliphatic carbocycles. The SMILES string of the molecule is Cc1ccc(SC(=Nc2ccc(Cl)c(C(F)(F)F)c2)N(Cc2cccc(O)c2)CC2CCCCC2)c(C)c1. The van der Waals surface area contributed by atoms with Crippen LogP contribution in [0, 0.1) is 19.8 Å². The Morgan fingerprint density at radius 3 is 2.47 bits per heavy atom. The molecular formula is C30H32ClF3N2OS. The minimum absolute atomic E-state index is 0.174. The van der Waals surface area contributed by atoms with Crippen molar-refractivity contribution in [3.8, 4) is 5.75 Å². The van der Waals surface area contributed by atoms with E-state index in [0.717, 1.165) is 47.0 Å². The standard InChI is InChI=1S/C30H32ClF3N2OS/c1-20-11-14-28(21(2)15-20)38-29(35-24-12-13-27(31)26(17-24)30(32,33)34)36(18-22-7-4-3-5-8-22)19-23-9-6-10-25(37)16-23/h6,9-17,22,37H,3-5,7-8,18-19H2,1-2H3. The van der Waals surface area contributed by atoms with Crippen molar-refractivity contribution in [3.63, 3.8) is 0 Å². The number of aryl methyl sites for hydroxylation is 2. The van der Waals surface area contributed by atoms with Crippen LogP contribution in [0.3, 0.4) is 0 Å². The molecule has 0 amide bonds. The second-order valence-corrected chi connectivity index (χ2v) is 11.4. The topological polar surface area (TPSA) is 35.8 Å². The summed E-state index contributed by atoms with van der Waals surface area (Å²) in [7, 11) is 0. The van der Waals surface area contributed by atoms with Crippen molar-refractivity contribution in [2.24, 2.45) is 10.9 Å². The largest absolute Gasteiger partial charge is 0.508 e. The molecule has 202 valence electrons. The number of aliphatic imine (C=N–C) groups is 1. The highest BCUT2D eigenvalue weighted by Crippen LogP contribution is 2.38. The first kappa shape index (κ1) is 28.4. The molecule has 0 spiro atoms. The maximum Gasteiger partial charge on any atom is 0.417 e. The van der Waals surface area contributed by atoms with Gasteiger partial charge in [0.2, 0.25) is 0 Å².